The van der Waals surface area contributed by atoms with Gasteiger partial charge in [0.15, 0.2) is 0 Å². The van der Waals surface area contributed by atoms with E-state index >= 15 is 0 Å². The van der Waals surface area contributed by atoms with Crippen molar-refractivity contribution in [2.45, 2.75) is 45.4 Å². The number of hydrogen-bond donors (Lipinski definition) is 1. The minimum atomic E-state index is -4.03. The molecule has 2 aliphatic rings. The SMILES string of the molecule is Cc1nc(C)n(/C(N)=N/C(=N\S(=O)(=O)N2CCCCC2)N2CCC(c3ccccc3)C(c3ccc(Cl)cc3)=N2)n1. The molecule has 0 aliphatic carbocycles. The van der Waals surface area contributed by atoms with Gasteiger partial charge in [0.25, 0.3) is 5.96 Å². The zero-order valence-corrected chi connectivity index (χ0v) is 24.1. The summed E-state index contributed by atoms with van der Waals surface area (Å²) in [6.45, 7) is 4.68. The molecule has 40 heavy (non-hydrogen) atoms. The van der Waals surface area contributed by atoms with Crippen molar-refractivity contribution in [3.8, 4) is 0 Å². The first-order valence-corrected chi connectivity index (χ1v) is 15.0. The molecule has 210 valence electrons. The summed E-state index contributed by atoms with van der Waals surface area (Å²) in [5, 5.41) is 11.3. The van der Waals surface area contributed by atoms with E-state index < -0.39 is 10.2 Å². The quantitative estimate of drug-likeness (QED) is 0.369. The zero-order valence-electron chi connectivity index (χ0n) is 22.5. The Bertz CT molecular complexity index is 1540. The number of halogens is 1. The van der Waals surface area contributed by atoms with E-state index in [2.05, 4.69) is 31.6 Å². The highest BCUT2D eigenvalue weighted by atomic mass is 35.5. The number of piperidine rings is 1. The summed E-state index contributed by atoms with van der Waals surface area (Å²) in [6, 6.07) is 17.5. The molecule has 2 N–H and O–H groups in total. The third-order valence-electron chi connectivity index (χ3n) is 6.91. The molecule has 0 saturated carbocycles. The molecule has 0 radical (unpaired) electrons. The number of aromatic nitrogens is 3. The van der Waals surface area contributed by atoms with Crippen LogP contribution in [-0.4, -0.2) is 69.8 Å². The third kappa shape index (κ3) is 6.24. The summed E-state index contributed by atoms with van der Waals surface area (Å²) in [6.07, 6.45) is 3.20. The van der Waals surface area contributed by atoms with Crippen molar-refractivity contribution in [1.82, 2.24) is 24.1 Å². The van der Waals surface area contributed by atoms with E-state index in [1.54, 1.807) is 13.8 Å². The van der Waals surface area contributed by atoms with Crippen molar-refractivity contribution in [2.75, 3.05) is 19.6 Å². The van der Waals surface area contributed by atoms with Crippen molar-refractivity contribution in [3.63, 3.8) is 0 Å². The van der Waals surface area contributed by atoms with E-state index in [1.807, 2.05) is 42.5 Å². The van der Waals surface area contributed by atoms with Crippen LogP contribution in [0, 0.1) is 13.8 Å². The summed E-state index contributed by atoms with van der Waals surface area (Å²) >= 11 is 6.17. The van der Waals surface area contributed by atoms with E-state index in [0.717, 1.165) is 36.1 Å². The van der Waals surface area contributed by atoms with Crippen LogP contribution in [0.4, 0.5) is 0 Å². The molecule has 2 aromatic carbocycles. The first kappa shape index (κ1) is 27.9. The molecule has 1 fully saturated rings. The topological polar surface area (TPSA) is 134 Å². The van der Waals surface area contributed by atoms with Gasteiger partial charge in [-0.1, -0.05) is 60.5 Å². The van der Waals surface area contributed by atoms with E-state index in [4.69, 9.17) is 22.4 Å². The average Bonchev–Trinajstić information content (AvgIpc) is 3.31. The molecule has 0 bridgehead atoms. The van der Waals surface area contributed by atoms with Gasteiger partial charge in [-0.05, 0) is 56.4 Å². The predicted molar refractivity (Wildman–Crippen MR) is 157 cm³/mol. The Morgan fingerprint density at radius 2 is 1.70 bits per heavy atom. The molecule has 1 saturated heterocycles. The lowest BCUT2D eigenvalue weighted by atomic mass is 9.86. The second-order valence-electron chi connectivity index (χ2n) is 9.78. The normalized spacial score (nSPS) is 19.5. The number of guanidine groups is 1. The highest BCUT2D eigenvalue weighted by molar-refractivity contribution is 7.87. The molecular formula is C27H32ClN9O2S. The van der Waals surface area contributed by atoms with Crippen molar-refractivity contribution < 1.29 is 8.42 Å². The number of nitrogens with zero attached hydrogens (tertiary/aromatic N) is 8. The van der Waals surface area contributed by atoms with Gasteiger partial charge in [-0.25, -0.2) is 9.99 Å². The number of hydrogen-bond acceptors (Lipinski definition) is 5. The molecule has 3 aromatic rings. The highest BCUT2D eigenvalue weighted by Crippen LogP contribution is 2.30. The van der Waals surface area contributed by atoms with Gasteiger partial charge in [0.2, 0.25) is 5.96 Å². The fraction of sp³-hybridized carbons (Fsp3) is 0.370. The maximum Gasteiger partial charge on any atom is 0.325 e. The van der Waals surface area contributed by atoms with Gasteiger partial charge in [-0.15, -0.1) is 9.50 Å². The first-order valence-electron chi connectivity index (χ1n) is 13.2. The second-order valence-corrected chi connectivity index (χ2v) is 11.8. The predicted octanol–water partition coefficient (Wildman–Crippen LogP) is 3.69. The van der Waals surface area contributed by atoms with Crippen LogP contribution in [0.1, 0.15) is 54.4 Å². The summed E-state index contributed by atoms with van der Waals surface area (Å²) in [7, 11) is -4.03. The molecule has 13 heteroatoms. The molecule has 11 nitrogen and oxygen atoms in total. The Morgan fingerprint density at radius 1 is 1.00 bits per heavy atom. The van der Waals surface area contributed by atoms with Crippen molar-refractivity contribution in [3.05, 3.63) is 82.4 Å². The summed E-state index contributed by atoms with van der Waals surface area (Å²) < 4.78 is 33.7. The molecule has 5 rings (SSSR count). The minimum Gasteiger partial charge on any atom is -0.368 e. The van der Waals surface area contributed by atoms with Crippen LogP contribution in [0.2, 0.25) is 5.02 Å². The minimum absolute atomic E-state index is 0.0277. The molecule has 0 spiro atoms. The van der Waals surface area contributed by atoms with Crippen LogP contribution in [0.3, 0.4) is 0 Å². The monoisotopic (exact) mass is 581 g/mol. The fourth-order valence-electron chi connectivity index (χ4n) is 4.94. The van der Waals surface area contributed by atoms with Gasteiger partial charge in [0.05, 0.1) is 5.71 Å². The molecule has 1 unspecified atom stereocenters. The number of benzene rings is 2. The van der Waals surface area contributed by atoms with Crippen LogP contribution in [0.15, 0.2) is 69.1 Å². The van der Waals surface area contributed by atoms with Gasteiger partial charge in [-0.3, -0.25) is 0 Å². The summed E-state index contributed by atoms with van der Waals surface area (Å²) in [4.78, 5) is 8.74. The van der Waals surface area contributed by atoms with Crippen LogP contribution >= 0.6 is 11.6 Å². The molecule has 3 heterocycles. The lowest BCUT2D eigenvalue weighted by molar-refractivity contribution is 0.346. The Kier molecular flexibility index (Phi) is 8.29. The van der Waals surface area contributed by atoms with Gasteiger partial charge in [0, 0.05) is 30.6 Å². The van der Waals surface area contributed by atoms with Gasteiger partial charge < -0.3 is 5.73 Å². The van der Waals surface area contributed by atoms with Crippen molar-refractivity contribution in [2.24, 2.45) is 20.2 Å². The maximum absolute atomic E-state index is 13.4. The average molecular weight is 582 g/mol. The summed E-state index contributed by atoms with van der Waals surface area (Å²) in [5.41, 5.74) is 9.04. The van der Waals surface area contributed by atoms with Gasteiger partial charge >= 0.3 is 10.2 Å². The Balaban J connectivity index is 1.62. The lowest BCUT2D eigenvalue weighted by Gasteiger charge is -2.31. The smallest absolute Gasteiger partial charge is 0.325 e. The number of hydrazone groups is 1. The van der Waals surface area contributed by atoms with Crippen LogP contribution in [0.5, 0.6) is 0 Å². The molecular weight excluding hydrogens is 550 g/mol. The van der Waals surface area contributed by atoms with Crippen LogP contribution < -0.4 is 5.73 Å². The van der Waals surface area contributed by atoms with Gasteiger partial charge in [-0.2, -0.15) is 27.5 Å². The number of rotatable bonds is 4. The second kappa shape index (κ2) is 11.9. The molecule has 1 aromatic heterocycles. The standard InChI is InChI=1S/C27H32ClN9O2S/c1-19-30-20(2)37(32-19)26(29)31-27(34-40(38,39)35-16-7-4-8-17-35)36-18-15-24(21-9-5-3-6-10-21)25(33-36)22-11-13-23(28)14-12-22/h3,5-6,9-14,24H,4,7-8,15-18H2,1-2H3,(H2,29,31,34). The maximum atomic E-state index is 13.4. The van der Waals surface area contributed by atoms with Crippen LogP contribution in [-0.2, 0) is 10.2 Å². The third-order valence-corrected chi connectivity index (χ3v) is 8.57. The Morgan fingerprint density at radius 3 is 2.35 bits per heavy atom. The number of aryl methyl sites for hydroxylation is 2. The molecule has 0 amide bonds. The van der Waals surface area contributed by atoms with E-state index in [-0.39, 0.29) is 17.8 Å². The fourth-order valence-corrected chi connectivity index (χ4v) is 6.24. The number of nitrogens with two attached hydrogens (primary N) is 1. The van der Waals surface area contributed by atoms with Gasteiger partial charge in [0.1, 0.15) is 11.6 Å². The molecule has 2 aliphatic heterocycles. The zero-order chi connectivity index (χ0) is 28.3. The highest BCUT2D eigenvalue weighted by Gasteiger charge is 2.31. The number of aliphatic imine (C=N–C) groups is 1. The Labute approximate surface area is 239 Å². The first-order chi connectivity index (χ1) is 19.2. The van der Waals surface area contributed by atoms with Crippen molar-refractivity contribution >= 4 is 39.4 Å². The van der Waals surface area contributed by atoms with E-state index in [9.17, 15) is 8.42 Å². The largest absolute Gasteiger partial charge is 0.368 e. The molecule has 1 atom stereocenters. The Hall–Kier alpha value is -3.61. The van der Waals surface area contributed by atoms with E-state index in [1.165, 1.54) is 14.0 Å². The van der Waals surface area contributed by atoms with Crippen LogP contribution in [0.25, 0.3) is 0 Å². The van der Waals surface area contributed by atoms with Crippen molar-refractivity contribution in [1.29, 1.82) is 0 Å². The lowest BCUT2D eigenvalue weighted by Crippen LogP contribution is -2.39. The summed E-state index contributed by atoms with van der Waals surface area (Å²) in [5.74, 6) is 0.819. The van der Waals surface area contributed by atoms with E-state index in [0.29, 0.717) is 42.7 Å².